The fourth-order valence-electron chi connectivity index (χ4n) is 4.63. The van der Waals surface area contributed by atoms with Crippen molar-refractivity contribution in [2.45, 2.75) is 13.8 Å². The summed E-state index contributed by atoms with van der Waals surface area (Å²) >= 11 is 0. The van der Waals surface area contributed by atoms with E-state index in [2.05, 4.69) is 84.7 Å². The maximum absolute atomic E-state index is 5.13. The number of nitrogens with zero attached hydrogens (tertiary/aromatic N) is 3. The van der Waals surface area contributed by atoms with Crippen molar-refractivity contribution >= 4 is 32.6 Å². The van der Waals surface area contributed by atoms with Gasteiger partial charge in [-0.05, 0) is 54.4 Å². The van der Waals surface area contributed by atoms with E-state index in [1.165, 1.54) is 16.3 Å². The molecule has 3 heterocycles. The Hall–Kier alpha value is -4.11. The van der Waals surface area contributed by atoms with Gasteiger partial charge in [0.15, 0.2) is 0 Å². The molecule has 32 heavy (non-hydrogen) atoms. The van der Waals surface area contributed by atoms with Crippen LogP contribution in [0.3, 0.4) is 0 Å². The average Bonchev–Trinajstić information content (AvgIpc) is 2.83. The van der Waals surface area contributed by atoms with Crippen LogP contribution in [-0.2, 0) is 0 Å². The Morgan fingerprint density at radius 1 is 0.562 bits per heavy atom. The van der Waals surface area contributed by atoms with Gasteiger partial charge in [-0.2, -0.15) is 0 Å². The minimum atomic E-state index is 0.949. The number of hydrogen-bond acceptors (Lipinski definition) is 3. The standard InChI is InChI=1S/C29H21N3/c1-18-17-19(2)31-29-21(18)14-12-20-13-15-27(32-28(20)29)25-10-6-7-22-23(25)8-5-9-24(22)26-11-3-4-16-30-26/h3-17H,1-2H3. The van der Waals surface area contributed by atoms with Gasteiger partial charge < -0.3 is 0 Å². The highest BCUT2D eigenvalue weighted by molar-refractivity contribution is 6.07. The molecule has 3 nitrogen and oxygen atoms in total. The van der Waals surface area contributed by atoms with Gasteiger partial charge in [-0.3, -0.25) is 9.97 Å². The topological polar surface area (TPSA) is 38.7 Å². The fraction of sp³-hybridized carbons (Fsp3) is 0.0690. The van der Waals surface area contributed by atoms with Gasteiger partial charge >= 0.3 is 0 Å². The van der Waals surface area contributed by atoms with Crippen LogP contribution in [0.4, 0.5) is 0 Å². The molecule has 6 rings (SSSR count). The predicted molar refractivity (Wildman–Crippen MR) is 133 cm³/mol. The molecular formula is C29H21N3. The lowest BCUT2D eigenvalue weighted by atomic mass is 9.96. The highest BCUT2D eigenvalue weighted by atomic mass is 14.8. The third-order valence-corrected chi connectivity index (χ3v) is 6.11. The highest BCUT2D eigenvalue weighted by Gasteiger charge is 2.12. The van der Waals surface area contributed by atoms with Gasteiger partial charge in [-0.15, -0.1) is 0 Å². The first-order valence-corrected chi connectivity index (χ1v) is 10.8. The third kappa shape index (κ3) is 2.94. The first-order chi connectivity index (χ1) is 15.7. The molecule has 0 saturated heterocycles. The van der Waals surface area contributed by atoms with Gasteiger partial charge in [0.1, 0.15) is 0 Å². The Labute approximate surface area is 186 Å². The van der Waals surface area contributed by atoms with Crippen LogP contribution in [-0.4, -0.2) is 15.0 Å². The van der Waals surface area contributed by atoms with Gasteiger partial charge in [-0.1, -0.05) is 60.7 Å². The van der Waals surface area contributed by atoms with E-state index in [9.17, 15) is 0 Å². The average molecular weight is 412 g/mol. The van der Waals surface area contributed by atoms with Gasteiger partial charge in [0, 0.05) is 33.8 Å². The molecule has 0 bridgehead atoms. The molecule has 6 aromatic rings. The Bertz CT molecular complexity index is 1640. The second-order valence-electron chi connectivity index (χ2n) is 8.23. The van der Waals surface area contributed by atoms with Crippen molar-refractivity contribution in [3.05, 3.63) is 102 Å². The first-order valence-electron chi connectivity index (χ1n) is 10.8. The molecule has 3 aromatic heterocycles. The SMILES string of the molecule is Cc1cc(C)c2ccc3ccc(-c4cccc5c(-c6ccccn6)cccc45)nc3c2n1. The number of fused-ring (bicyclic) bond motifs is 4. The molecule has 0 aliphatic heterocycles. The summed E-state index contributed by atoms with van der Waals surface area (Å²) in [6.07, 6.45) is 1.84. The third-order valence-electron chi connectivity index (χ3n) is 6.11. The van der Waals surface area contributed by atoms with Crippen LogP contribution >= 0.6 is 0 Å². The summed E-state index contributed by atoms with van der Waals surface area (Å²) in [5.74, 6) is 0. The molecule has 0 fully saturated rings. The monoisotopic (exact) mass is 411 g/mol. The van der Waals surface area contributed by atoms with Crippen LogP contribution in [0.2, 0.25) is 0 Å². The van der Waals surface area contributed by atoms with Gasteiger partial charge in [0.2, 0.25) is 0 Å². The van der Waals surface area contributed by atoms with Crippen molar-refractivity contribution in [1.82, 2.24) is 15.0 Å². The first kappa shape index (κ1) is 18.6. The zero-order valence-corrected chi connectivity index (χ0v) is 18.0. The molecule has 0 aliphatic carbocycles. The van der Waals surface area contributed by atoms with Gasteiger partial charge in [-0.25, -0.2) is 4.98 Å². The molecule has 0 radical (unpaired) electrons. The number of rotatable bonds is 2. The zero-order chi connectivity index (χ0) is 21.7. The van der Waals surface area contributed by atoms with Crippen LogP contribution in [0.5, 0.6) is 0 Å². The fourth-order valence-corrected chi connectivity index (χ4v) is 4.63. The number of aryl methyl sites for hydroxylation is 2. The molecular weight excluding hydrogens is 390 g/mol. The number of benzene rings is 3. The van der Waals surface area contributed by atoms with Crippen LogP contribution < -0.4 is 0 Å². The van der Waals surface area contributed by atoms with Crippen molar-refractivity contribution in [2.24, 2.45) is 0 Å². The van der Waals surface area contributed by atoms with E-state index in [0.717, 1.165) is 50.0 Å². The summed E-state index contributed by atoms with van der Waals surface area (Å²) < 4.78 is 0. The molecule has 3 heteroatoms. The molecule has 0 amide bonds. The second-order valence-corrected chi connectivity index (χ2v) is 8.23. The summed E-state index contributed by atoms with van der Waals surface area (Å²) in [5, 5.41) is 4.60. The normalized spacial score (nSPS) is 11.4. The summed E-state index contributed by atoms with van der Waals surface area (Å²) in [6, 6.07) is 29.5. The Kier molecular flexibility index (Phi) is 4.22. The van der Waals surface area contributed by atoms with Gasteiger partial charge in [0.25, 0.3) is 0 Å². The minimum Gasteiger partial charge on any atom is -0.256 e. The quantitative estimate of drug-likeness (QED) is 0.281. The van der Waals surface area contributed by atoms with E-state index in [4.69, 9.17) is 9.97 Å². The molecule has 0 spiro atoms. The second kappa shape index (κ2) is 7.24. The molecule has 152 valence electrons. The van der Waals surface area contributed by atoms with Crippen molar-refractivity contribution in [3.8, 4) is 22.5 Å². The maximum Gasteiger partial charge on any atom is 0.0972 e. The molecule has 0 atom stereocenters. The van der Waals surface area contributed by atoms with E-state index in [-0.39, 0.29) is 0 Å². The molecule has 0 aliphatic rings. The molecule has 0 N–H and O–H groups in total. The Morgan fingerprint density at radius 2 is 1.31 bits per heavy atom. The number of pyridine rings is 3. The van der Waals surface area contributed by atoms with Crippen molar-refractivity contribution in [1.29, 1.82) is 0 Å². The van der Waals surface area contributed by atoms with E-state index < -0.39 is 0 Å². The molecule has 0 unspecified atom stereocenters. The lowest BCUT2D eigenvalue weighted by Gasteiger charge is -2.12. The van der Waals surface area contributed by atoms with Crippen molar-refractivity contribution < 1.29 is 0 Å². The summed E-state index contributed by atoms with van der Waals surface area (Å²) in [4.78, 5) is 14.5. The molecule has 3 aromatic carbocycles. The van der Waals surface area contributed by atoms with E-state index in [1.807, 2.05) is 25.3 Å². The van der Waals surface area contributed by atoms with Crippen molar-refractivity contribution in [3.63, 3.8) is 0 Å². The largest absolute Gasteiger partial charge is 0.256 e. The minimum absolute atomic E-state index is 0.949. The van der Waals surface area contributed by atoms with E-state index in [1.54, 1.807) is 0 Å². The summed E-state index contributed by atoms with van der Waals surface area (Å²) in [5.41, 5.74) is 8.33. The lowest BCUT2D eigenvalue weighted by molar-refractivity contribution is 1.23. The Morgan fingerprint density at radius 3 is 2.06 bits per heavy atom. The maximum atomic E-state index is 5.13. The van der Waals surface area contributed by atoms with Crippen LogP contribution in [0.25, 0.3) is 55.1 Å². The highest BCUT2D eigenvalue weighted by Crippen LogP contribution is 2.35. The van der Waals surface area contributed by atoms with Crippen LogP contribution in [0.1, 0.15) is 11.3 Å². The van der Waals surface area contributed by atoms with Crippen molar-refractivity contribution in [2.75, 3.05) is 0 Å². The Balaban J connectivity index is 1.62. The summed E-state index contributed by atoms with van der Waals surface area (Å²) in [7, 11) is 0. The smallest absolute Gasteiger partial charge is 0.0972 e. The number of hydrogen-bond donors (Lipinski definition) is 0. The predicted octanol–water partition coefficient (Wildman–Crippen LogP) is 7.28. The van der Waals surface area contributed by atoms with Crippen LogP contribution in [0, 0.1) is 13.8 Å². The summed E-state index contributed by atoms with van der Waals surface area (Å²) in [6.45, 7) is 4.18. The molecule has 0 saturated carbocycles. The number of aromatic nitrogens is 3. The van der Waals surface area contributed by atoms with Crippen LogP contribution in [0.15, 0.2) is 91.1 Å². The zero-order valence-electron chi connectivity index (χ0n) is 18.0. The lowest BCUT2D eigenvalue weighted by Crippen LogP contribution is -1.93. The van der Waals surface area contributed by atoms with E-state index in [0.29, 0.717) is 0 Å². The van der Waals surface area contributed by atoms with E-state index >= 15 is 0 Å². The van der Waals surface area contributed by atoms with Gasteiger partial charge in [0.05, 0.1) is 22.4 Å².